The van der Waals surface area contributed by atoms with E-state index in [1.54, 1.807) is 0 Å². The summed E-state index contributed by atoms with van der Waals surface area (Å²) in [6.07, 6.45) is 0. The van der Waals surface area contributed by atoms with E-state index < -0.39 is 11.7 Å². The summed E-state index contributed by atoms with van der Waals surface area (Å²) in [7, 11) is 0. The summed E-state index contributed by atoms with van der Waals surface area (Å²) in [4.78, 5) is 23.9. The first-order valence-corrected chi connectivity index (χ1v) is 9.76. The van der Waals surface area contributed by atoms with Gasteiger partial charge in [-0.25, -0.2) is 14.4 Å². The number of hydrogen-bond acceptors (Lipinski definition) is 6. The lowest BCUT2D eigenvalue weighted by Crippen LogP contribution is -2.37. The molecule has 2 aromatic heterocycles. The monoisotopic (exact) mass is 426 g/mol. The molecule has 7 nitrogen and oxygen atoms in total. The van der Waals surface area contributed by atoms with E-state index >= 15 is 0 Å². The second-order valence-corrected chi connectivity index (χ2v) is 7.23. The quantitative estimate of drug-likeness (QED) is 0.527. The van der Waals surface area contributed by atoms with Crippen LogP contribution in [0.1, 0.15) is 10.6 Å². The van der Waals surface area contributed by atoms with E-state index in [4.69, 9.17) is 20.8 Å². The van der Waals surface area contributed by atoms with Gasteiger partial charge in [-0.2, -0.15) is 0 Å². The molecule has 5 rings (SSSR count). The number of benzene rings is 2. The zero-order valence-electron chi connectivity index (χ0n) is 15.7. The summed E-state index contributed by atoms with van der Waals surface area (Å²) in [6.45, 7) is 2.35. The highest BCUT2D eigenvalue weighted by atomic mass is 35.5. The number of ether oxygens (including phenoxy) is 1. The average molecular weight is 427 g/mol. The van der Waals surface area contributed by atoms with Crippen LogP contribution < -0.4 is 10.2 Å². The van der Waals surface area contributed by atoms with Gasteiger partial charge in [0.05, 0.1) is 23.9 Å². The van der Waals surface area contributed by atoms with E-state index in [0.29, 0.717) is 48.8 Å². The van der Waals surface area contributed by atoms with Crippen LogP contribution in [0.2, 0.25) is 5.02 Å². The first-order valence-electron chi connectivity index (χ1n) is 9.38. The summed E-state index contributed by atoms with van der Waals surface area (Å²) in [5, 5.41) is 3.53. The number of morpholine rings is 1. The van der Waals surface area contributed by atoms with Gasteiger partial charge in [-0.05, 0) is 30.3 Å². The predicted molar refractivity (Wildman–Crippen MR) is 112 cm³/mol. The lowest BCUT2D eigenvalue weighted by Gasteiger charge is -2.27. The lowest BCUT2D eigenvalue weighted by atomic mass is 10.2. The van der Waals surface area contributed by atoms with E-state index in [0.717, 1.165) is 11.5 Å². The Morgan fingerprint density at radius 3 is 2.73 bits per heavy atom. The standard InChI is InChI=1S/C21H16ClFN4O3/c22-14-11-12(23)5-6-15(14)24-21(28)19-25-17-13-3-1-2-4-16(13)30-18(17)20(26-19)27-7-9-29-10-8-27/h1-6,11H,7-10H2,(H,24,28). The highest BCUT2D eigenvalue weighted by Crippen LogP contribution is 2.33. The first-order chi connectivity index (χ1) is 14.6. The molecule has 1 saturated heterocycles. The number of carbonyl (C=O) groups excluding carboxylic acids is 1. The number of hydrogen-bond donors (Lipinski definition) is 1. The van der Waals surface area contributed by atoms with Crippen molar-refractivity contribution in [2.75, 3.05) is 36.5 Å². The number of amides is 1. The number of carbonyl (C=O) groups is 1. The minimum Gasteiger partial charge on any atom is -0.450 e. The summed E-state index contributed by atoms with van der Waals surface area (Å²) in [5.41, 5.74) is 2.01. The van der Waals surface area contributed by atoms with E-state index in [9.17, 15) is 9.18 Å². The van der Waals surface area contributed by atoms with Crippen LogP contribution in [0.3, 0.4) is 0 Å². The van der Waals surface area contributed by atoms with Crippen LogP contribution in [0.25, 0.3) is 22.1 Å². The Hall–Kier alpha value is -3.23. The molecule has 30 heavy (non-hydrogen) atoms. The number of halogens is 2. The number of anilines is 2. The molecule has 9 heteroatoms. The molecule has 0 bridgehead atoms. The van der Waals surface area contributed by atoms with Crippen molar-refractivity contribution in [3.05, 3.63) is 59.1 Å². The summed E-state index contributed by atoms with van der Waals surface area (Å²) in [6, 6.07) is 11.2. The van der Waals surface area contributed by atoms with Gasteiger partial charge < -0.3 is 19.4 Å². The Morgan fingerprint density at radius 1 is 1.13 bits per heavy atom. The summed E-state index contributed by atoms with van der Waals surface area (Å²) in [5.74, 6) is -0.536. The Morgan fingerprint density at radius 2 is 1.93 bits per heavy atom. The van der Waals surface area contributed by atoms with Gasteiger partial charge in [0.25, 0.3) is 5.91 Å². The molecule has 1 fully saturated rings. The third kappa shape index (κ3) is 3.34. The number of nitrogens with one attached hydrogen (secondary N) is 1. The maximum absolute atomic E-state index is 13.3. The van der Waals surface area contributed by atoms with Crippen LogP contribution in [0, 0.1) is 5.82 Å². The van der Waals surface area contributed by atoms with Crippen LogP contribution in [0.5, 0.6) is 0 Å². The maximum atomic E-state index is 13.3. The molecule has 0 saturated carbocycles. The molecular weight excluding hydrogens is 411 g/mol. The third-order valence-electron chi connectivity index (χ3n) is 4.89. The van der Waals surface area contributed by atoms with Crippen LogP contribution in [0.4, 0.5) is 15.9 Å². The van der Waals surface area contributed by atoms with Crippen LogP contribution in [-0.2, 0) is 4.74 Å². The predicted octanol–water partition coefficient (Wildman–Crippen LogP) is 4.26. The molecule has 4 aromatic rings. The Bertz CT molecular complexity index is 1270. The largest absolute Gasteiger partial charge is 0.450 e. The van der Waals surface area contributed by atoms with Gasteiger partial charge in [0.15, 0.2) is 11.4 Å². The van der Waals surface area contributed by atoms with Gasteiger partial charge in [0, 0.05) is 18.5 Å². The summed E-state index contributed by atoms with van der Waals surface area (Å²) < 4.78 is 24.8. The lowest BCUT2D eigenvalue weighted by molar-refractivity contribution is 0.101. The fourth-order valence-electron chi connectivity index (χ4n) is 3.44. The topological polar surface area (TPSA) is 80.5 Å². The Labute approximate surface area is 175 Å². The number of nitrogens with zero attached hydrogens (tertiary/aromatic N) is 3. The minimum atomic E-state index is -0.551. The van der Waals surface area contributed by atoms with Gasteiger partial charge >= 0.3 is 0 Å². The molecular formula is C21H16ClFN4O3. The number of fused-ring (bicyclic) bond motifs is 3. The van der Waals surface area contributed by atoms with Crippen LogP contribution in [-0.4, -0.2) is 42.2 Å². The van der Waals surface area contributed by atoms with Crippen molar-refractivity contribution < 1.29 is 18.3 Å². The smallest absolute Gasteiger partial charge is 0.293 e. The van der Waals surface area contributed by atoms with Crippen molar-refractivity contribution in [2.45, 2.75) is 0 Å². The van der Waals surface area contributed by atoms with Gasteiger partial charge in [0.2, 0.25) is 5.82 Å². The van der Waals surface area contributed by atoms with Crippen molar-refractivity contribution in [2.24, 2.45) is 0 Å². The van der Waals surface area contributed by atoms with Crippen LogP contribution >= 0.6 is 11.6 Å². The van der Waals surface area contributed by atoms with E-state index in [2.05, 4.69) is 15.3 Å². The van der Waals surface area contributed by atoms with Gasteiger partial charge in [0.1, 0.15) is 16.9 Å². The normalized spacial score (nSPS) is 14.4. The van der Waals surface area contributed by atoms with E-state index in [-0.39, 0.29) is 16.5 Å². The molecule has 1 aliphatic heterocycles. The molecule has 2 aromatic carbocycles. The molecule has 0 radical (unpaired) electrons. The maximum Gasteiger partial charge on any atom is 0.293 e. The van der Waals surface area contributed by atoms with Crippen molar-refractivity contribution >= 4 is 51.1 Å². The number of rotatable bonds is 3. The van der Waals surface area contributed by atoms with Gasteiger partial charge in [-0.15, -0.1) is 0 Å². The summed E-state index contributed by atoms with van der Waals surface area (Å²) >= 11 is 6.04. The molecule has 3 heterocycles. The zero-order valence-corrected chi connectivity index (χ0v) is 16.4. The average Bonchev–Trinajstić information content (AvgIpc) is 3.14. The molecule has 0 unspecified atom stereocenters. The van der Waals surface area contributed by atoms with E-state index in [1.807, 2.05) is 29.2 Å². The van der Waals surface area contributed by atoms with Crippen LogP contribution in [0.15, 0.2) is 46.9 Å². The first kappa shape index (κ1) is 18.8. The Kier molecular flexibility index (Phi) is 4.72. The molecule has 0 atom stereocenters. The Balaban J connectivity index is 1.62. The van der Waals surface area contributed by atoms with E-state index in [1.165, 1.54) is 12.1 Å². The van der Waals surface area contributed by atoms with Crippen molar-refractivity contribution in [3.63, 3.8) is 0 Å². The molecule has 152 valence electrons. The third-order valence-corrected chi connectivity index (χ3v) is 5.21. The van der Waals surface area contributed by atoms with Crippen molar-refractivity contribution in [1.82, 2.24) is 9.97 Å². The molecule has 1 amide bonds. The van der Waals surface area contributed by atoms with Crippen molar-refractivity contribution in [1.29, 1.82) is 0 Å². The highest BCUT2D eigenvalue weighted by molar-refractivity contribution is 6.33. The second kappa shape index (κ2) is 7.55. The second-order valence-electron chi connectivity index (χ2n) is 6.82. The highest BCUT2D eigenvalue weighted by Gasteiger charge is 2.24. The minimum absolute atomic E-state index is 0.0315. The molecule has 1 aliphatic rings. The fraction of sp³-hybridized carbons (Fsp3) is 0.190. The fourth-order valence-corrected chi connectivity index (χ4v) is 3.65. The number of para-hydroxylation sites is 1. The SMILES string of the molecule is O=C(Nc1ccc(F)cc1Cl)c1nc(N2CCOCC2)c2oc3ccccc3c2n1. The molecule has 0 spiro atoms. The van der Waals surface area contributed by atoms with Gasteiger partial charge in [-0.1, -0.05) is 23.7 Å². The number of aromatic nitrogens is 2. The molecule has 1 N–H and O–H groups in total. The zero-order chi connectivity index (χ0) is 20.7. The van der Waals surface area contributed by atoms with Gasteiger partial charge in [-0.3, -0.25) is 4.79 Å². The van der Waals surface area contributed by atoms with Crippen molar-refractivity contribution in [3.8, 4) is 0 Å². The number of furan rings is 1. The molecule has 0 aliphatic carbocycles.